The lowest BCUT2D eigenvalue weighted by atomic mass is 10.2. The van der Waals surface area contributed by atoms with Gasteiger partial charge in [-0.25, -0.2) is 4.39 Å². The van der Waals surface area contributed by atoms with Crippen LogP contribution in [0.15, 0.2) is 41.1 Å². The summed E-state index contributed by atoms with van der Waals surface area (Å²) in [6.45, 7) is 2.55. The predicted octanol–water partition coefficient (Wildman–Crippen LogP) is 3.90. The second-order valence-corrected chi connectivity index (χ2v) is 4.76. The van der Waals surface area contributed by atoms with E-state index >= 15 is 0 Å². The molecule has 17 heavy (non-hydrogen) atoms. The number of pyridine rings is 1. The highest BCUT2D eigenvalue weighted by atomic mass is 79.9. The Labute approximate surface area is 108 Å². The molecule has 0 aliphatic rings. The molecule has 0 saturated carbocycles. The Kier molecular flexibility index (Phi) is 3.74. The number of hydrogen-bond donors (Lipinski definition) is 1. The van der Waals surface area contributed by atoms with Crippen LogP contribution >= 0.6 is 15.9 Å². The van der Waals surface area contributed by atoms with E-state index in [2.05, 4.69) is 26.2 Å². The summed E-state index contributed by atoms with van der Waals surface area (Å²) >= 11 is 3.22. The highest BCUT2D eigenvalue weighted by Crippen LogP contribution is 2.19. The molecule has 0 fully saturated rings. The molecular weight excluding hydrogens is 283 g/mol. The molecule has 0 saturated heterocycles. The number of nitrogens with one attached hydrogen (secondary N) is 1. The highest BCUT2D eigenvalue weighted by Gasteiger charge is 2.02. The van der Waals surface area contributed by atoms with E-state index < -0.39 is 0 Å². The van der Waals surface area contributed by atoms with Crippen molar-refractivity contribution in [3.8, 4) is 0 Å². The van der Waals surface area contributed by atoms with E-state index in [-0.39, 0.29) is 5.82 Å². The summed E-state index contributed by atoms with van der Waals surface area (Å²) in [5, 5.41) is 3.05. The zero-order valence-electron chi connectivity index (χ0n) is 9.37. The van der Waals surface area contributed by atoms with Crippen LogP contribution in [0.5, 0.6) is 0 Å². The number of hydrogen-bond acceptors (Lipinski definition) is 2. The molecule has 0 amide bonds. The summed E-state index contributed by atoms with van der Waals surface area (Å²) in [6, 6.07) is 6.98. The first-order valence-electron chi connectivity index (χ1n) is 5.24. The van der Waals surface area contributed by atoms with Gasteiger partial charge in [0.15, 0.2) is 0 Å². The number of nitrogens with zero attached hydrogens (tertiary/aromatic N) is 1. The zero-order chi connectivity index (χ0) is 12.3. The molecule has 1 heterocycles. The Morgan fingerprint density at radius 1 is 1.29 bits per heavy atom. The standard InChI is InChI=1S/C13H12BrFN2/c1-9-4-10(7-16-6-9)8-17-13-3-2-11(14)5-12(13)15/h2-7,17H,8H2,1H3. The third-order valence-electron chi connectivity index (χ3n) is 2.35. The van der Waals surface area contributed by atoms with Gasteiger partial charge in [-0.3, -0.25) is 4.98 Å². The van der Waals surface area contributed by atoms with Crippen molar-refractivity contribution in [2.75, 3.05) is 5.32 Å². The van der Waals surface area contributed by atoms with E-state index in [0.717, 1.165) is 15.6 Å². The molecule has 1 aromatic heterocycles. The number of halogens is 2. The lowest BCUT2D eigenvalue weighted by Crippen LogP contribution is -2.02. The van der Waals surface area contributed by atoms with E-state index in [1.165, 1.54) is 6.07 Å². The molecule has 88 valence electrons. The van der Waals surface area contributed by atoms with Gasteiger partial charge < -0.3 is 5.32 Å². The number of benzene rings is 1. The molecule has 0 spiro atoms. The van der Waals surface area contributed by atoms with Crippen molar-refractivity contribution in [2.45, 2.75) is 13.5 Å². The van der Waals surface area contributed by atoms with Gasteiger partial charge in [-0.15, -0.1) is 0 Å². The fourth-order valence-electron chi connectivity index (χ4n) is 1.54. The Bertz CT molecular complexity index is 529. The van der Waals surface area contributed by atoms with Crippen LogP contribution in [0.25, 0.3) is 0 Å². The SMILES string of the molecule is Cc1cncc(CNc2ccc(Br)cc2F)c1. The maximum atomic E-state index is 13.5. The van der Waals surface area contributed by atoms with Crippen LogP contribution in [0.1, 0.15) is 11.1 Å². The molecule has 0 aliphatic carbocycles. The first-order chi connectivity index (χ1) is 8.15. The summed E-state index contributed by atoms with van der Waals surface area (Å²) in [6.07, 6.45) is 3.57. The summed E-state index contributed by atoms with van der Waals surface area (Å²) in [7, 11) is 0. The van der Waals surface area contributed by atoms with E-state index in [1.807, 2.05) is 13.0 Å². The summed E-state index contributed by atoms with van der Waals surface area (Å²) < 4.78 is 14.3. The highest BCUT2D eigenvalue weighted by molar-refractivity contribution is 9.10. The summed E-state index contributed by atoms with van der Waals surface area (Å²) in [5.74, 6) is -0.264. The molecule has 2 nitrogen and oxygen atoms in total. The van der Waals surface area contributed by atoms with Crippen LogP contribution in [-0.4, -0.2) is 4.98 Å². The summed E-state index contributed by atoms with van der Waals surface area (Å²) in [5.41, 5.74) is 2.63. The van der Waals surface area contributed by atoms with Crippen molar-refractivity contribution >= 4 is 21.6 Å². The minimum atomic E-state index is -0.264. The van der Waals surface area contributed by atoms with Crippen molar-refractivity contribution in [2.24, 2.45) is 0 Å². The molecule has 0 aliphatic heterocycles. The third-order valence-corrected chi connectivity index (χ3v) is 2.84. The van der Waals surface area contributed by atoms with Gasteiger partial charge >= 0.3 is 0 Å². The van der Waals surface area contributed by atoms with E-state index in [4.69, 9.17) is 0 Å². The van der Waals surface area contributed by atoms with Crippen molar-refractivity contribution in [3.05, 3.63) is 58.1 Å². The van der Waals surface area contributed by atoms with Crippen LogP contribution in [0.2, 0.25) is 0 Å². The van der Waals surface area contributed by atoms with Gasteiger partial charge in [0.1, 0.15) is 5.82 Å². The Balaban J connectivity index is 2.07. The Morgan fingerprint density at radius 2 is 2.12 bits per heavy atom. The van der Waals surface area contributed by atoms with E-state index in [0.29, 0.717) is 12.2 Å². The van der Waals surface area contributed by atoms with Gasteiger partial charge in [-0.1, -0.05) is 22.0 Å². The molecule has 1 aromatic carbocycles. The molecular formula is C13H12BrFN2. The fraction of sp³-hybridized carbons (Fsp3) is 0.154. The van der Waals surface area contributed by atoms with Gasteiger partial charge in [-0.2, -0.15) is 0 Å². The van der Waals surface area contributed by atoms with Crippen molar-refractivity contribution in [1.82, 2.24) is 4.98 Å². The first-order valence-corrected chi connectivity index (χ1v) is 6.04. The zero-order valence-corrected chi connectivity index (χ0v) is 11.0. The number of aromatic nitrogens is 1. The Hall–Kier alpha value is -1.42. The van der Waals surface area contributed by atoms with Crippen LogP contribution < -0.4 is 5.32 Å². The summed E-state index contributed by atoms with van der Waals surface area (Å²) in [4.78, 5) is 4.09. The molecule has 2 rings (SSSR count). The van der Waals surface area contributed by atoms with Gasteiger partial charge in [0.2, 0.25) is 0 Å². The molecule has 0 radical (unpaired) electrons. The fourth-order valence-corrected chi connectivity index (χ4v) is 1.88. The van der Waals surface area contributed by atoms with Crippen LogP contribution in [-0.2, 0) is 6.54 Å². The molecule has 0 bridgehead atoms. The largest absolute Gasteiger partial charge is 0.379 e. The molecule has 2 aromatic rings. The molecule has 4 heteroatoms. The minimum absolute atomic E-state index is 0.264. The van der Waals surface area contributed by atoms with Crippen molar-refractivity contribution < 1.29 is 4.39 Å². The number of aryl methyl sites for hydroxylation is 1. The molecule has 0 unspecified atom stereocenters. The topological polar surface area (TPSA) is 24.9 Å². The smallest absolute Gasteiger partial charge is 0.147 e. The van der Waals surface area contributed by atoms with Gasteiger partial charge in [0, 0.05) is 23.4 Å². The Morgan fingerprint density at radius 3 is 2.82 bits per heavy atom. The lowest BCUT2D eigenvalue weighted by molar-refractivity contribution is 0.629. The second kappa shape index (κ2) is 5.27. The van der Waals surface area contributed by atoms with Crippen LogP contribution in [0, 0.1) is 12.7 Å². The third kappa shape index (κ3) is 3.27. The average Bonchev–Trinajstić information content (AvgIpc) is 2.28. The monoisotopic (exact) mass is 294 g/mol. The molecule has 1 N–H and O–H groups in total. The number of rotatable bonds is 3. The lowest BCUT2D eigenvalue weighted by Gasteiger charge is -2.08. The van der Waals surface area contributed by atoms with Gasteiger partial charge in [0.05, 0.1) is 5.69 Å². The van der Waals surface area contributed by atoms with E-state index in [1.54, 1.807) is 24.5 Å². The van der Waals surface area contributed by atoms with Crippen molar-refractivity contribution in [3.63, 3.8) is 0 Å². The normalized spacial score (nSPS) is 10.3. The van der Waals surface area contributed by atoms with Crippen LogP contribution in [0.3, 0.4) is 0 Å². The molecule has 0 atom stereocenters. The first kappa shape index (κ1) is 12.0. The quantitative estimate of drug-likeness (QED) is 0.928. The minimum Gasteiger partial charge on any atom is -0.379 e. The van der Waals surface area contributed by atoms with E-state index in [9.17, 15) is 4.39 Å². The number of anilines is 1. The van der Waals surface area contributed by atoms with Gasteiger partial charge in [0.25, 0.3) is 0 Å². The van der Waals surface area contributed by atoms with Gasteiger partial charge in [-0.05, 0) is 36.2 Å². The average molecular weight is 295 g/mol. The second-order valence-electron chi connectivity index (χ2n) is 3.85. The maximum Gasteiger partial charge on any atom is 0.147 e. The predicted molar refractivity (Wildman–Crippen MR) is 70.4 cm³/mol. The van der Waals surface area contributed by atoms with Crippen molar-refractivity contribution in [1.29, 1.82) is 0 Å². The van der Waals surface area contributed by atoms with Crippen LogP contribution in [0.4, 0.5) is 10.1 Å². The maximum absolute atomic E-state index is 13.5.